The summed E-state index contributed by atoms with van der Waals surface area (Å²) in [5.74, 6) is 0. The van der Waals surface area contributed by atoms with E-state index in [4.69, 9.17) is 10.5 Å². The van der Waals surface area contributed by atoms with E-state index in [1.165, 1.54) is 0 Å². The van der Waals surface area contributed by atoms with Gasteiger partial charge < -0.3 is 20.5 Å². The average molecular weight is 273 g/mol. The van der Waals surface area contributed by atoms with E-state index in [1.54, 1.807) is 6.20 Å². The molecule has 1 aliphatic heterocycles. The van der Waals surface area contributed by atoms with Gasteiger partial charge in [-0.1, -0.05) is 0 Å². The van der Waals surface area contributed by atoms with Gasteiger partial charge in [0.1, 0.15) is 0 Å². The van der Waals surface area contributed by atoms with E-state index in [0.29, 0.717) is 13.2 Å². The number of aliphatic hydroxyl groups excluding tert-OH is 1. The summed E-state index contributed by atoms with van der Waals surface area (Å²) < 4.78 is 5.57. The smallest absolute Gasteiger partial charge is 0.0981 e. The molecule has 20 heavy (non-hydrogen) atoms. The van der Waals surface area contributed by atoms with Crippen LogP contribution in [0.2, 0.25) is 0 Å². The second-order valence-corrected chi connectivity index (χ2v) is 5.21. The Morgan fingerprint density at radius 2 is 2.30 bits per heavy atom. The first-order valence-electron chi connectivity index (χ1n) is 6.83. The third-order valence-electron chi connectivity index (χ3n) is 3.82. The van der Waals surface area contributed by atoms with E-state index in [1.807, 2.05) is 24.3 Å². The number of aliphatic hydroxyl groups is 1. The molecule has 1 aromatic heterocycles. The molecule has 1 aromatic carbocycles. The van der Waals surface area contributed by atoms with Gasteiger partial charge in [0.2, 0.25) is 0 Å². The van der Waals surface area contributed by atoms with Crippen LogP contribution in [0, 0.1) is 0 Å². The van der Waals surface area contributed by atoms with Gasteiger partial charge in [-0.2, -0.15) is 0 Å². The lowest BCUT2D eigenvalue weighted by Gasteiger charge is -2.39. The molecule has 2 unspecified atom stereocenters. The summed E-state index contributed by atoms with van der Waals surface area (Å²) in [4.78, 5) is 6.52. The molecule has 106 valence electrons. The fraction of sp³-hybridized carbons (Fsp3) is 0.400. The number of nitrogen functional groups attached to an aromatic ring is 1. The Morgan fingerprint density at radius 3 is 3.10 bits per heavy atom. The molecule has 5 heteroatoms. The van der Waals surface area contributed by atoms with Crippen LogP contribution in [0.15, 0.2) is 30.5 Å². The van der Waals surface area contributed by atoms with Gasteiger partial charge in [0, 0.05) is 24.2 Å². The maximum absolute atomic E-state index is 9.29. The van der Waals surface area contributed by atoms with Gasteiger partial charge in [-0.15, -0.1) is 0 Å². The molecule has 3 rings (SSSR count). The van der Waals surface area contributed by atoms with Crippen LogP contribution in [-0.2, 0) is 4.74 Å². The van der Waals surface area contributed by atoms with Crippen molar-refractivity contribution in [3.8, 4) is 0 Å². The van der Waals surface area contributed by atoms with Gasteiger partial charge in [0.15, 0.2) is 0 Å². The van der Waals surface area contributed by atoms with Gasteiger partial charge >= 0.3 is 0 Å². The standard InChI is InChI=1S/C15H19N3O2/c1-10-9-20-11(8-19)7-18(10)14-5-4-13-12(15(14)16)3-2-6-17-13/h2-6,10-11,19H,7-9,16H2,1H3. The molecule has 1 fully saturated rings. The van der Waals surface area contributed by atoms with E-state index < -0.39 is 0 Å². The van der Waals surface area contributed by atoms with Crippen LogP contribution in [0.5, 0.6) is 0 Å². The number of ether oxygens (including phenoxy) is 1. The second-order valence-electron chi connectivity index (χ2n) is 5.21. The number of pyridine rings is 1. The molecule has 5 nitrogen and oxygen atoms in total. The van der Waals surface area contributed by atoms with E-state index in [9.17, 15) is 5.11 Å². The molecule has 2 atom stereocenters. The van der Waals surface area contributed by atoms with Gasteiger partial charge in [-0.3, -0.25) is 4.98 Å². The van der Waals surface area contributed by atoms with E-state index in [0.717, 1.165) is 22.3 Å². The summed E-state index contributed by atoms with van der Waals surface area (Å²) in [6.45, 7) is 3.36. The number of anilines is 2. The summed E-state index contributed by atoms with van der Waals surface area (Å²) >= 11 is 0. The van der Waals surface area contributed by atoms with Crippen molar-refractivity contribution in [1.82, 2.24) is 4.98 Å². The first kappa shape index (κ1) is 13.1. The molecule has 2 aromatic rings. The van der Waals surface area contributed by atoms with Crippen molar-refractivity contribution in [2.24, 2.45) is 0 Å². The fourth-order valence-corrected chi connectivity index (χ4v) is 2.68. The zero-order chi connectivity index (χ0) is 14.1. The summed E-state index contributed by atoms with van der Waals surface area (Å²) in [6.07, 6.45) is 1.61. The van der Waals surface area contributed by atoms with E-state index >= 15 is 0 Å². The molecule has 1 aliphatic rings. The average Bonchev–Trinajstić information content (AvgIpc) is 2.49. The number of rotatable bonds is 2. The zero-order valence-corrected chi connectivity index (χ0v) is 11.5. The van der Waals surface area contributed by atoms with Crippen LogP contribution < -0.4 is 10.6 Å². The number of aromatic nitrogens is 1. The normalized spacial score (nSPS) is 23.2. The maximum Gasteiger partial charge on any atom is 0.0981 e. The molecule has 0 amide bonds. The lowest BCUT2D eigenvalue weighted by Crippen LogP contribution is -2.49. The predicted octanol–water partition coefficient (Wildman–Crippen LogP) is 1.40. The Labute approximate surface area is 118 Å². The van der Waals surface area contributed by atoms with E-state index in [-0.39, 0.29) is 18.8 Å². The lowest BCUT2D eigenvalue weighted by molar-refractivity contribution is -0.0102. The first-order valence-corrected chi connectivity index (χ1v) is 6.83. The Hall–Kier alpha value is -1.85. The molecule has 1 saturated heterocycles. The van der Waals surface area contributed by atoms with Crippen LogP contribution in [0.3, 0.4) is 0 Å². The number of benzene rings is 1. The highest BCUT2D eigenvalue weighted by molar-refractivity contribution is 5.97. The molecule has 3 N–H and O–H groups in total. The van der Waals surface area contributed by atoms with Gasteiger partial charge in [0.05, 0.1) is 36.2 Å². The number of fused-ring (bicyclic) bond motifs is 1. The maximum atomic E-state index is 9.29. The van der Waals surface area contributed by atoms with Crippen LogP contribution >= 0.6 is 0 Å². The molecule has 0 saturated carbocycles. The van der Waals surface area contributed by atoms with Crippen LogP contribution in [0.25, 0.3) is 10.9 Å². The summed E-state index contributed by atoms with van der Waals surface area (Å²) in [5.41, 5.74) is 8.93. The summed E-state index contributed by atoms with van der Waals surface area (Å²) in [5, 5.41) is 10.3. The Balaban J connectivity index is 2.02. The third-order valence-corrected chi connectivity index (χ3v) is 3.82. The molecule has 2 heterocycles. The zero-order valence-electron chi connectivity index (χ0n) is 11.5. The van der Waals surface area contributed by atoms with Crippen molar-refractivity contribution >= 4 is 22.3 Å². The number of hydrogen-bond donors (Lipinski definition) is 2. The highest BCUT2D eigenvalue weighted by Crippen LogP contribution is 2.33. The number of morpholine rings is 1. The van der Waals surface area contributed by atoms with Crippen LogP contribution in [-0.4, -0.2) is 42.0 Å². The highest BCUT2D eigenvalue weighted by Gasteiger charge is 2.27. The van der Waals surface area contributed by atoms with Crippen molar-refractivity contribution in [2.75, 3.05) is 30.4 Å². The van der Waals surface area contributed by atoms with Crippen molar-refractivity contribution < 1.29 is 9.84 Å². The minimum Gasteiger partial charge on any atom is -0.396 e. The Kier molecular flexibility index (Phi) is 3.46. The van der Waals surface area contributed by atoms with Crippen molar-refractivity contribution in [1.29, 1.82) is 0 Å². The molecule has 0 radical (unpaired) electrons. The van der Waals surface area contributed by atoms with Gasteiger partial charge in [0.25, 0.3) is 0 Å². The first-order chi connectivity index (χ1) is 9.70. The van der Waals surface area contributed by atoms with E-state index in [2.05, 4.69) is 16.8 Å². The van der Waals surface area contributed by atoms with Crippen molar-refractivity contribution in [3.63, 3.8) is 0 Å². The Bertz CT molecular complexity index is 617. The van der Waals surface area contributed by atoms with Crippen LogP contribution in [0.1, 0.15) is 6.92 Å². The summed E-state index contributed by atoms with van der Waals surface area (Å²) in [6, 6.07) is 8.09. The third kappa shape index (κ3) is 2.19. The van der Waals surface area contributed by atoms with Gasteiger partial charge in [-0.05, 0) is 31.2 Å². The predicted molar refractivity (Wildman–Crippen MR) is 79.8 cm³/mol. The Morgan fingerprint density at radius 1 is 1.45 bits per heavy atom. The molecule has 0 aliphatic carbocycles. The fourth-order valence-electron chi connectivity index (χ4n) is 2.68. The SMILES string of the molecule is CC1COC(CO)CN1c1ccc2ncccc2c1N. The highest BCUT2D eigenvalue weighted by atomic mass is 16.5. The second kappa shape index (κ2) is 5.26. The lowest BCUT2D eigenvalue weighted by atomic mass is 10.1. The molecule has 0 spiro atoms. The number of hydrogen-bond acceptors (Lipinski definition) is 5. The molecular weight excluding hydrogens is 254 g/mol. The number of nitrogens with two attached hydrogens (primary N) is 1. The monoisotopic (exact) mass is 273 g/mol. The summed E-state index contributed by atoms with van der Waals surface area (Å²) in [7, 11) is 0. The molecule has 0 bridgehead atoms. The number of nitrogens with zero attached hydrogens (tertiary/aromatic N) is 2. The minimum atomic E-state index is -0.157. The quantitative estimate of drug-likeness (QED) is 0.809. The topological polar surface area (TPSA) is 71.6 Å². The largest absolute Gasteiger partial charge is 0.396 e. The van der Waals surface area contributed by atoms with Gasteiger partial charge in [-0.25, -0.2) is 0 Å². The minimum absolute atomic E-state index is 0.0261. The molecular formula is C15H19N3O2. The van der Waals surface area contributed by atoms with Crippen LogP contribution in [0.4, 0.5) is 11.4 Å². The van der Waals surface area contributed by atoms with Crippen molar-refractivity contribution in [3.05, 3.63) is 30.5 Å². The van der Waals surface area contributed by atoms with Crippen molar-refractivity contribution in [2.45, 2.75) is 19.1 Å².